The van der Waals surface area contributed by atoms with Crippen LogP contribution in [0.5, 0.6) is 0 Å². The zero-order chi connectivity index (χ0) is 12.7. The highest BCUT2D eigenvalue weighted by Crippen LogP contribution is 2.35. The minimum Gasteiger partial charge on any atom is -0.323 e. The van der Waals surface area contributed by atoms with Crippen molar-refractivity contribution in [3.05, 3.63) is 35.4 Å². The third-order valence-electron chi connectivity index (χ3n) is 4.62. The van der Waals surface area contributed by atoms with Gasteiger partial charge in [0.25, 0.3) is 0 Å². The molecule has 1 saturated heterocycles. The molecular weight excluding hydrogens is 220 g/mol. The zero-order valence-corrected chi connectivity index (χ0v) is 11.5. The van der Waals surface area contributed by atoms with Gasteiger partial charge in [0.2, 0.25) is 0 Å². The molecule has 3 rings (SSSR count). The van der Waals surface area contributed by atoms with E-state index in [1.165, 1.54) is 30.6 Å². The molecule has 0 bridgehead atoms. The van der Waals surface area contributed by atoms with E-state index in [0.29, 0.717) is 6.04 Å². The van der Waals surface area contributed by atoms with Crippen LogP contribution in [0.25, 0.3) is 0 Å². The Labute approximate surface area is 110 Å². The van der Waals surface area contributed by atoms with E-state index in [1.54, 1.807) is 0 Å². The molecule has 2 aliphatic rings. The highest BCUT2D eigenvalue weighted by molar-refractivity contribution is 5.36. The summed E-state index contributed by atoms with van der Waals surface area (Å²) in [6.07, 6.45) is 2.50. The van der Waals surface area contributed by atoms with Crippen molar-refractivity contribution in [1.82, 2.24) is 4.90 Å². The molecule has 98 valence electrons. The number of rotatable bonds is 1. The first-order valence-electron chi connectivity index (χ1n) is 7.22. The van der Waals surface area contributed by atoms with Gasteiger partial charge in [0.15, 0.2) is 0 Å². The number of nitrogens with two attached hydrogens (primary N) is 1. The maximum absolute atomic E-state index is 6.47. The molecular formula is C16H24N2. The molecule has 2 nitrogen and oxygen atoms in total. The second-order valence-corrected chi connectivity index (χ2v) is 6.40. The molecule has 1 aliphatic heterocycles. The molecule has 0 radical (unpaired) electrons. The summed E-state index contributed by atoms with van der Waals surface area (Å²) in [4.78, 5) is 2.64. The number of piperidine rings is 1. The summed E-state index contributed by atoms with van der Waals surface area (Å²) in [5.41, 5.74) is 9.30. The van der Waals surface area contributed by atoms with Crippen molar-refractivity contribution in [2.75, 3.05) is 13.1 Å². The van der Waals surface area contributed by atoms with Gasteiger partial charge in [0.05, 0.1) is 0 Å². The number of hydrogen-bond acceptors (Lipinski definition) is 2. The maximum Gasteiger partial charge on any atom is 0.0459 e. The van der Waals surface area contributed by atoms with E-state index in [2.05, 4.69) is 43.0 Å². The predicted octanol–water partition coefficient (Wildman–Crippen LogP) is 2.59. The van der Waals surface area contributed by atoms with Crippen LogP contribution in [0.1, 0.15) is 37.4 Å². The van der Waals surface area contributed by atoms with Gasteiger partial charge in [-0.05, 0) is 35.8 Å². The molecule has 2 heteroatoms. The first-order valence-corrected chi connectivity index (χ1v) is 7.22. The van der Waals surface area contributed by atoms with Gasteiger partial charge in [-0.15, -0.1) is 0 Å². The Morgan fingerprint density at radius 2 is 1.78 bits per heavy atom. The molecule has 0 spiro atoms. The van der Waals surface area contributed by atoms with E-state index < -0.39 is 0 Å². The number of benzene rings is 1. The Morgan fingerprint density at radius 3 is 2.44 bits per heavy atom. The van der Waals surface area contributed by atoms with Crippen LogP contribution >= 0.6 is 0 Å². The highest BCUT2D eigenvalue weighted by atomic mass is 15.2. The van der Waals surface area contributed by atoms with E-state index in [-0.39, 0.29) is 6.04 Å². The molecule has 1 aliphatic carbocycles. The van der Waals surface area contributed by atoms with Crippen molar-refractivity contribution in [3.8, 4) is 0 Å². The molecule has 4 atom stereocenters. The van der Waals surface area contributed by atoms with Gasteiger partial charge in [-0.1, -0.05) is 38.1 Å². The lowest BCUT2D eigenvalue weighted by molar-refractivity contribution is 0.0877. The summed E-state index contributed by atoms with van der Waals surface area (Å²) in [6.45, 7) is 7.18. The minimum atomic E-state index is 0.207. The van der Waals surface area contributed by atoms with E-state index >= 15 is 0 Å². The second kappa shape index (κ2) is 4.67. The molecule has 1 fully saturated rings. The molecule has 2 N–H and O–H groups in total. The van der Waals surface area contributed by atoms with Crippen molar-refractivity contribution < 1.29 is 0 Å². The van der Waals surface area contributed by atoms with Gasteiger partial charge in [0.1, 0.15) is 0 Å². The Kier molecular flexibility index (Phi) is 3.16. The van der Waals surface area contributed by atoms with Crippen LogP contribution in [-0.2, 0) is 6.42 Å². The normalized spacial score (nSPS) is 36.6. The van der Waals surface area contributed by atoms with Crippen LogP contribution in [-0.4, -0.2) is 24.0 Å². The molecule has 0 aromatic heterocycles. The van der Waals surface area contributed by atoms with Crippen molar-refractivity contribution in [3.63, 3.8) is 0 Å². The molecule has 1 aromatic rings. The first kappa shape index (κ1) is 12.2. The van der Waals surface area contributed by atoms with E-state index in [1.807, 2.05) is 0 Å². The third kappa shape index (κ3) is 2.08. The first-order chi connectivity index (χ1) is 8.65. The molecule has 0 saturated carbocycles. The smallest absolute Gasteiger partial charge is 0.0459 e. The SMILES string of the molecule is CC1CC(C)CN(C2Cc3ccccc3C2N)C1. The van der Waals surface area contributed by atoms with Gasteiger partial charge in [-0.25, -0.2) is 0 Å². The van der Waals surface area contributed by atoms with Gasteiger partial charge in [-0.2, -0.15) is 0 Å². The number of likely N-dealkylation sites (tertiary alicyclic amines) is 1. The van der Waals surface area contributed by atoms with E-state index in [9.17, 15) is 0 Å². The van der Waals surface area contributed by atoms with Crippen LogP contribution in [0, 0.1) is 11.8 Å². The lowest BCUT2D eigenvalue weighted by Crippen LogP contribution is -2.48. The largest absolute Gasteiger partial charge is 0.323 e. The topological polar surface area (TPSA) is 29.3 Å². The molecule has 0 amide bonds. The lowest BCUT2D eigenvalue weighted by atomic mass is 9.90. The fraction of sp³-hybridized carbons (Fsp3) is 0.625. The number of hydrogen-bond donors (Lipinski definition) is 1. The van der Waals surface area contributed by atoms with Gasteiger partial charge >= 0.3 is 0 Å². The van der Waals surface area contributed by atoms with Gasteiger partial charge in [0, 0.05) is 25.2 Å². The predicted molar refractivity (Wildman–Crippen MR) is 75.4 cm³/mol. The average molecular weight is 244 g/mol. The second-order valence-electron chi connectivity index (χ2n) is 6.40. The van der Waals surface area contributed by atoms with E-state index in [0.717, 1.165) is 18.3 Å². The zero-order valence-electron chi connectivity index (χ0n) is 11.5. The van der Waals surface area contributed by atoms with Gasteiger partial charge in [-0.3, -0.25) is 4.90 Å². The third-order valence-corrected chi connectivity index (χ3v) is 4.62. The summed E-state index contributed by atoms with van der Waals surface area (Å²) in [6, 6.07) is 9.42. The van der Waals surface area contributed by atoms with Crippen molar-refractivity contribution in [1.29, 1.82) is 0 Å². The van der Waals surface area contributed by atoms with Crippen LogP contribution in [0.4, 0.5) is 0 Å². The van der Waals surface area contributed by atoms with Crippen LogP contribution in [0.2, 0.25) is 0 Å². The summed E-state index contributed by atoms with van der Waals surface area (Å²) in [5.74, 6) is 1.62. The fourth-order valence-corrected chi connectivity index (χ4v) is 3.94. The van der Waals surface area contributed by atoms with Crippen LogP contribution in [0.15, 0.2) is 24.3 Å². The Hall–Kier alpha value is -0.860. The Balaban J connectivity index is 1.79. The molecule has 1 heterocycles. The molecule has 1 aromatic carbocycles. The highest BCUT2D eigenvalue weighted by Gasteiger charge is 2.36. The summed E-state index contributed by atoms with van der Waals surface area (Å²) in [5, 5.41) is 0. The fourth-order valence-electron chi connectivity index (χ4n) is 3.94. The summed E-state index contributed by atoms with van der Waals surface area (Å²) < 4.78 is 0. The number of fused-ring (bicyclic) bond motifs is 1. The Bertz CT molecular complexity index is 419. The summed E-state index contributed by atoms with van der Waals surface area (Å²) in [7, 11) is 0. The average Bonchev–Trinajstić information content (AvgIpc) is 2.66. The van der Waals surface area contributed by atoms with Crippen LogP contribution in [0.3, 0.4) is 0 Å². The maximum atomic E-state index is 6.47. The minimum absolute atomic E-state index is 0.207. The van der Waals surface area contributed by atoms with Crippen LogP contribution < -0.4 is 5.73 Å². The molecule has 4 unspecified atom stereocenters. The molecule has 18 heavy (non-hydrogen) atoms. The number of nitrogens with zero attached hydrogens (tertiary/aromatic N) is 1. The van der Waals surface area contributed by atoms with Gasteiger partial charge < -0.3 is 5.73 Å². The standard InChI is InChI=1S/C16H24N2/c1-11-7-12(2)10-18(9-11)15-8-13-5-3-4-6-14(13)16(15)17/h3-6,11-12,15-16H,7-10,17H2,1-2H3. The Morgan fingerprint density at radius 1 is 1.11 bits per heavy atom. The lowest BCUT2D eigenvalue weighted by Gasteiger charge is -2.40. The van der Waals surface area contributed by atoms with Crippen molar-refractivity contribution >= 4 is 0 Å². The summed E-state index contributed by atoms with van der Waals surface area (Å²) >= 11 is 0. The van der Waals surface area contributed by atoms with Crippen molar-refractivity contribution in [2.45, 2.75) is 38.8 Å². The van der Waals surface area contributed by atoms with E-state index in [4.69, 9.17) is 5.73 Å². The quantitative estimate of drug-likeness (QED) is 0.823. The van der Waals surface area contributed by atoms with Crippen molar-refractivity contribution in [2.24, 2.45) is 17.6 Å². The monoisotopic (exact) mass is 244 g/mol.